The van der Waals surface area contributed by atoms with E-state index in [0.717, 1.165) is 10.9 Å². The molecule has 1 aromatic carbocycles. The van der Waals surface area contributed by atoms with E-state index in [0.29, 0.717) is 5.69 Å². The van der Waals surface area contributed by atoms with E-state index in [2.05, 4.69) is 4.98 Å². The predicted octanol–water partition coefficient (Wildman–Crippen LogP) is 2.59. The number of fused-ring (bicyclic) bond motifs is 1. The number of rotatable bonds is 5. The number of nitrogens with zero attached hydrogens (tertiary/aromatic N) is 1. The lowest BCUT2D eigenvalue weighted by atomic mass is 10.1. The minimum atomic E-state index is -1.47. The van der Waals surface area contributed by atoms with Crippen molar-refractivity contribution in [2.45, 2.75) is 24.9 Å². The van der Waals surface area contributed by atoms with Crippen molar-refractivity contribution in [2.24, 2.45) is 5.92 Å². The zero-order chi connectivity index (χ0) is 14.7. The van der Waals surface area contributed by atoms with E-state index in [-0.39, 0.29) is 11.7 Å². The van der Waals surface area contributed by atoms with Gasteiger partial charge in [0.25, 0.3) is 0 Å². The van der Waals surface area contributed by atoms with Gasteiger partial charge in [0.15, 0.2) is 0 Å². The lowest BCUT2D eigenvalue weighted by molar-refractivity contribution is -0.137. The molecule has 0 saturated heterocycles. The Morgan fingerprint density at radius 3 is 2.60 bits per heavy atom. The number of pyridine rings is 1. The van der Waals surface area contributed by atoms with Crippen molar-refractivity contribution >= 4 is 27.7 Å². The van der Waals surface area contributed by atoms with Crippen LogP contribution >= 0.6 is 0 Å². The number of hydrogen-bond donors (Lipinski definition) is 1. The minimum Gasteiger partial charge on any atom is -0.480 e. The van der Waals surface area contributed by atoms with Gasteiger partial charge in [0.05, 0.1) is 17.0 Å². The molecule has 0 aliphatic rings. The van der Waals surface area contributed by atoms with E-state index in [1.165, 1.54) is 0 Å². The molecule has 1 N–H and O–H groups in total. The number of aromatic nitrogens is 1. The summed E-state index contributed by atoms with van der Waals surface area (Å²) in [7, 11) is -1.47. The summed E-state index contributed by atoms with van der Waals surface area (Å²) in [6, 6.07) is 11.4. The molecular formula is C15H17NO3S. The molecule has 4 nitrogen and oxygen atoms in total. The van der Waals surface area contributed by atoms with Gasteiger partial charge in [0.1, 0.15) is 5.25 Å². The van der Waals surface area contributed by atoms with E-state index in [4.69, 9.17) is 5.11 Å². The minimum absolute atomic E-state index is 0.167. The Morgan fingerprint density at radius 2 is 1.95 bits per heavy atom. The molecule has 2 aromatic rings. The summed E-state index contributed by atoms with van der Waals surface area (Å²) < 4.78 is 12.2. The molecule has 5 heteroatoms. The summed E-state index contributed by atoms with van der Waals surface area (Å²) in [6.45, 7) is 3.54. The summed E-state index contributed by atoms with van der Waals surface area (Å²) in [5.74, 6) is -1.02. The second-order valence-electron chi connectivity index (χ2n) is 5.02. The van der Waals surface area contributed by atoms with Crippen LogP contribution in [-0.2, 0) is 21.3 Å². The maximum Gasteiger partial charge on any atom is 0.319 e. The molecule has 20 heavy (non-hydrogen) atoms. The summed E-state index contributed by atoms with van der Waals surface area (Å²) >= 11 is 0. The Labute approximate surface area is 120 Å². The molecule has 0 amide bonds. The molecule has 0 radical (unpaired) electrons. The van der Waals surface area contributed by atoms with Crippen molar-refractivity contribution in [1.29, 1.82) is 0 Å². The van der Waals surface area contributed by atoms with Crippen molar-refractivity contribution in [3.05, 3.63) is 42.1 Å². The number of para-hydroxylation sites is 1. The summed E-state index contributed by atoms with van der Waals surface area (Å²) in [5, 5.41) is 9.31. The summed E-state index contributed by atoms with van der Waals surface area (Å²) in [6.07, 6.45) is 0. The van der Waals surface area contributed by atoms with Crippen molar-refractivity contribution in [3.8, 4) is 0 Å². The van der Waals surface area contributed by atoms with Gasteiger partial charge in [-0.2, -0.15) is 0 Å². The first-order chi connectivity index (χ1) is 9.49. The molecule has 0 aliphatic carbocycles. The van der Waals surface area contributed by atoms with E-state index in [1.807, 2.05) is 30.3 Å². The Morgan fingerprint density at radius 1 is 1.25 bits per heavy atom. The fraction of sp³-hybridized carbons (Fsp3) is 0.333. The van der Waals surface area contributed by atoms with Gasteiger partial charge in [-0.1, -0.05) is 38.1 Å². The van der Waals surface area contributed by atoms with Gasteiger partial charge in [0.2, 0.25) is 0 Å². The molecule has 106 valence electrons. The van der Waals surface area contributed by atoms with Crippen LogP contribution in [0.5, 0.6) is 0 Å². The summed E-state index contributed by atoms with van der Waals surface area (Å²) in [4.78, 5) is 15.6. The van der Waals surface area contributed by atoms with Crippen LogP contribution < -0.4 is 0 Å². The van der Waals surface area contributed by atoms with Gasteiger partial charge in [0, 0.05) is 16.2 Å². The highest BCUT2D eigenvalue weighted by Crippen LogP contribution is 2.16. The standard InChI is InChI=1S/C15H17NO3S/c1-10(2)14(15(17)18)20(19)9-12-8-7-11-5-3-4-6-13(11)16-12/h3-8,10,14H,9H2,1-2H3,(H,17,18). The van der Waals surface area contributed by atoms with Crippen LogP contribution in [0, 0.1) is 5.92 Å². The molecule has 0 spiro atoms. The van der Waals surface area contributed by atoms with E-state index < -0.39 is 22.0 Å². The van der Waals surface area contributed by atoms with Crippen LogP contribution in [0.15, 0.2) is 36.4 Å². The maximum absolute atomic E-state index is 12.2. The Balaban J connectivity index is 2.23. The van der Waals surface area contributed by atoms with Crippen LogP contribution in [0.4, 0.5) is 0 Å². The normalized spacial score (nSPS) is 14.3. The van der Waals surface area contributed by atoms with Crippen molar-refractivity contribution in [3.63, 3.8) is 0 Å². The van der Waals surface area contributed by atoms with Gasteiger partial charge < -0.3 is 5.11 Å². The predicted molar refractivity (Wildman–Crippen MR) is 79.9 cm³/mol. The van der Waals surface area contributed by atoms with Gasteiger partial charge >= 0.3 is 5.97 Å². The third kappa shape index (κ3) is 3.22. The zero-order valence-corrected chi connectivity index (χ0v) is 12.3. The van der Waals surface area contributed by atoms with Crippen molar-refractivity contribution in [1.82, 2.24) is 4.98 Å². The number of carboxylic acids is 1. The van der Waals surface area contributed by atoms with Crippen LogP contribution in [0.1, 0.15) is 19.5 Å². The fourth-order valence-corrected chi connectivity index (χ4v) is 3.59. The third-order valence-electron chi connectivity index (χ3n) is 3.08. The van der Waals surface area contributed by atoms with Crippen LogP contribution in [0.25, 0.3) is 10.9 Å². The van der Waals surface area contributed by atoms with E-state index in [9.17, 15) is 9.00 Å². The summed E-state index contributed by atoms with van der Waals surface area (Å²) in [5.41, 5.74) is 1.49. The lowest BCUT2D eigenvalue weighted by Gasteiger charge is -2.15. The molecule has 0 bridgehead atoms. The van der Waals surface area contributed by atoms with Crippen LogP contribution in [-0.4, -0.2) is 25.5 Å². The molecule has 2 unspecified atom stereocenters. The molecule has 1 heterocycles. The first-order valence-electron chi connectivity index (χ1n) is 6.43. The molecule has 0 aliphatic heterocycles. The molecule has 2 atom stereocenters. The first kappa shape index (κ1) is 14.7. The average Bonchev–Trinajstić information content (AvgIpc) is 2.37. The smallest absolute Gasteiger partial charge is 0.319 e. The third-order valence-corrected chi connectivity index (χ3v) is 4.97. The maximum atomic E-state index is 12.2. The molecule has 1 aromatic heterocycles. The number of benzene rings is 1. The highest BCUT2D eigenvalue weighted by Gasteiger charge is 2.28. The average molecular weight is 291 g/mol. The quantitative estimate of drug-likeness (QED) is 0.919. The molecule has 0 saturated carbocycles. The van der Waals surface area contributed by atoms with Crippen molar-refractivity contribution < 1.29 is 14.1 Å². The second kappa shape index (κ2) is 6.13. The Bertz CT molecular complexity index is 654. The van der Waals surface area contributed by atoms with E-state index in [1.54, 1.807) is 19.9 Å². The highest BCUT2D eigenvalue weighted by molar-refractivity contribution is 7.85. The van der Waals surface area contributed by atoms with Gasteiger partial charge in [-0.3, -0.25) is 14.0 Å². The number of hydrogen-bond acceptors (Lipinski definition) is 3. The zero-order valence-electron chi connectivity index (χ0n) is 11.4. The molecular weight excluding hydrogens is 274 g/mol. The number of aliphatic carboxylic acids is 1. The monoisotopic (exact) mass is 291 g/mol. The van der Waals surface area contributed by atoms with Crippen LogP contribution in [0.2, 0.25) is 0 Å². The number of carbonyl (C=O) groups is 1. The highest BCUT2D eigenvalue weighted by atomic mass is 32.2. The van der Waals surface area contributed by atoms with E-state index >= 15 is 0 Å². The van der Waals surface area contributed by atoms with Gasteiger partial charge in [-0.15, -0.1) is 0 Å². The topological polar surface area (TPSA) is 67.3 Å². The van der Waals surface area contributed by atoms with Crippen LogP contribution in [0.3, 0.4) is 0 Å². The SMILES string of the molecule is CC(C)C(C(=O)O)S(=O)Cc1ccc2ccccc2n1. The molecule has 2 rings (SSSR count). The van der Waals surface area contributed by atoms with Gasteiger partial charge in [-0.25, -0.2) is 0 Å². The van der Waals surface area contributed by atoms with Crippen molar-refractivity contribution in [2.75, 3.05) is 0 Å². The fourth-order valence-electron chi connectivity index (χ4n) is 2.13. The first-order valence-corrected chi connectivity index (χ1v) is 7.82. The Hall–Kier alpha value is -1.75. The number of carboxylic acid groups (broad SMARTS) is 1. The molecule has 0 fully saturated rings. The lowest BCUT2D eigenvalue weighted by Crippen LogP contribution is -2.31. The largest absolute Gasteiger partial charge is 0.480 e. The van der Waals surface area contributed by atoms with Gasteiger partial charge in [-0.05, 0) is 18.1 Å². The second-order valence-corrected chi connectivity index (χ2v) is 6.58. The Kier molecular flexibility index (Phi) is 4.49.